The Morgan fingerprint density at radius 2 is 2.00 bits per heavy atom. The average molecular weight is 351 g/mol. The van der Waals surface area contributed by atoms with Crippen molar-refractivity contribution in [3.8, 4) is 0 Å². The predicted octanol–water partition coefficient (Wildman–Crippen LogP) is 2.56. The van der Waals surface area contributed by atoms with E-state index in [-0.39, 0.29) is 18.6 Å². The maximum atomic E-state index is 12.2. The summed E-state index contributed by atoms with van der Waals surface area (Å²) < 4.78 is 48.0. The van der Waals surface area contributed by atoms with E-state index in [1.165, 1.54) is 0 Å². The van der Waals surface area contributed by atoms with Crippen molar-refractivity contribution in [2.24, 2.45) is 4.99 Å². The Hall–Kier alpha value is -1.02. The minimum atomic E-state index is -4.08. The molecule has 2 saturated heterocycles. The average Bonchev–Trinajstić information content (AvgIpc) is 3.07. The summed E-state index contributed by atoms with van der Waals surface area (Å²) in [5, 5.41) is 3.23. The second-order valence-electron chi connectivity index (χ2n) is 6.21. The lowest BCUT2D eigenvalue weighted by Crippen LogP contribution is -2.53. The second-order valence-corrected chi connectivity index (χ2v) is 6.21. The molecule has 0 aliphatic carbocycles. The fourth-order valence-corrected chi connectivity index (χ4v) is 3.04. The standard InChI is InChI=1S/C16H28F3N3O2/c1-2-20-15(21-8-4-3-7-16(17,18)19)22-9-11-24-14(12-22)13-6-5-10-23-13/h13-14H,2-12H2,1H3,(H,20,21). The molecular formula is C16H28F3N3O2. The van der Waals surface area contributed by atoms with Gasteiger partial charge in [0.15, 0.2) is 5.96 Å². The van der Waals surface area contributed by atoms with Gasteiger partial charge in [-0.1, -0.05) is 0 Å². The molecule has 2 unspecified atom stereocenters. The fraction of sp³-hybridized carbons (Fsp3) is 0.938. The Labute approximate surface area is 141 Å². The van der Waals surface area contributed by atoms with E-state index in [1.807, 2.05) is 6.92 Å². The van der Waals surface area contributed by atoms with Crippen molar-refractivity contribution in [2.45, 2.75) is 57.4 Å². The molecule has 2 rings (SSSR count). The van der Waals surface area contributed by atoms with Crippen molar-refractivity contribution in [1.29, 1.82) is 0 Å². The zero-order chi connectivity index (χ0) is 17.4. The van der Waals surface area contributed by atoms with Crippen LogP contribution in [0.3, 0.4) is 0 Å². The lowest BCUT2D eigenvalue weighted by molar-refractivity contribution is -0.135. The van der Waals surface area contributed by atoms with Gasteiger partial charge in [-0.25, -0.2) is 0 Å². The van der Waals surface area contributed by atoms with E-state index in [4.69, 9.17) is 9.47 Å². The van der Waals surface area contributed by atoms with Gasteiger partial charge >= 0.3 is 6.18 Å². The maximum absolute atomic E-state index is 12.2. The molecule has 1 N–H and O–H groups in total. The van der Waals surface area contributed by atoms with Gasteiger partial charge in [0.1, 0.15) is 6.10 Å². The fourth-order valence-electron chi connectivity index (χ4n) is 3.04. The van der Waals surface area contributed by atoms with E-state index in [1.54, 1.807) is 0 Å². The third-order valence-electron chi connectivity index (χ3n) is 4.24. The number of nitrogens with zero attached hydrogens (tertiary/aromatic N) is 2. The molecular weight excluding hydrogens is 323 g/mol. The normalized spacial score (nSPS) is 26.0. The molecule has 2 aliphatic rings. The van der Waals surface area contributed by atoms with E-state index in [9.17, 15) is 13.2 Å². The minimum Gasteiger partial charge on any atom is -0.375 e. The largest absolute Gasteiger partial charge is 0.389 e. The molecule has 0 saturated carbocycles. The summed E-state index contributed by atoms with van der Waals surface area (Å²) in [4.78, 5) is 6.61. The van der Waals surface area contributed by atoms with Crippen LogP contribution in [0, 0.1) is 0 Å². The van der Waals surface area contributed by atoms with Gasteiger partial charge in [0.2, 0.25) is 0 Å². The maximum Gasteiger partial charge on any atom is 0.389 e. The summed E-state index contributed by atoms with van der Waals surface area (Å²) in [6.45, 7) is 5.96. The van der Waals surface area contributed by atoms with Crippen LogP contribution in [0.2, 0.25) is 0 Å². The number of guanidine groups is 1. The van der Waals surface area contributed by atoms with Gasteiger partial charge in [-0.15, -0.1) is 0 Å². The van der Waals surface area contributed by atoms with E-state index in [0.29, 0.717) is 26.1 Å². The summed E-state index contributed by atoms with van der Waals surface area (Å²) in [5.74, 6) is 0.760. The van der Waals surface area contributed by atoms with Crippen LogP contribution in [0.4, 0.5) is 13.2 Å². The Kier molecular flexibility index (Phi) is 7.61. The van der Waals surface area contributed by atoms with Gasteiger partial charge in [0, 0.05) is 39.2 Å². The van der Waals surface area contributed by atoms with E-state index in [2.05, 4.69) is 15.2 Å². The molecule has 0 spiro atoms. The molecule has 0 amide bonds. The van der Waals surface area contributed by atoms with Crippen molar-refractivity contribution >= 4 is 5.96 Å². The molecule has 0 aromatic heterocycles. The number of rotatable bonds is 6. The Balaban J connectivity index is 1.82. The van der Waals surface area contributed by atoms with Crippen LogP contribution < -0.4 is 5.32 Å². The van der Waals surface area contributed by atoms with Crippen molar-refractivity contribution in [3.05, 3.63) is 0 Å². The number of aliphatic imine (C=N–C) groups is 1. The number of hydrogen-bond donors (Lipinski definition) is 1. The summed E-state index contributed by atoms with van der Waals surface area (Å²) in [5.41, 5.74) is 0. The molecule has 140 valence electrons. The highest BCUT2D eigenvalue weighted by molar-refractivity contribution is 5.80. The number of unbranched alkanes of at least 4 members (excludes halogenated alkanes) is 1. The van der Waals surface area contributed by atoms with E-state index >= 15 is 0 Å². The first-order valence-electron chi connectivity index (χ1n) is 8.83. The van der Waals surface area contributed by atoms with Crippen molar-refractivity contribution in [3.63, 3.8) is 0 Å². The van der Waals surface area contributed by atoms with Crippen LogP contribution in [0.25, 0.3) is 0 Å². The highest BCUT2D eigenvalue weighted by Gasteiger charge is 2.32. The molecule has 24 heavy (non-hydrogen) atoms. The molecule has 0 radical (unpaired) electrons. The van der Waals surface area contributed by atoms with Crippen LogP contribution in [0.5, 0.6) is 0 Å². The number of morpholine rings is 1. The van der Waals surface area contributed by atoms with Gasteiger partial charge < -0.3 is 19.7 Å². The number of alkyl halides is 3. The highest BCUT2D eigenvalue weighted by Crippen LogP contribution is 2.22. The molecule has 5 nitrogen and oxygen atoms in total. The highest BCUT2D eigenvalue weighted by atomic mass is 19.4. The van der Waals surface area contributed by atoms with Crippen LogP contribution in [0.1, 0.15) is 39.0 Å². The summed E-state index contributed by atoms with van der Waals surface area (Å²) in [6.07, 6.45) is -1.99. The first-order valence-corrected chi connectivity index (χ1v) is 8.83. The van der Waals surface area contributed by atoms with Gasteiger partial charge in [0.25, 0.3) is 0 Å². The zero-order valence-electron chi connectivity index (χ0n) is 14.3. The van der Waals surface area contributed by atoms with Crippen molar-refractivity contribution in [1.82, 2.24) is 10.2 Å². The second kappa shape index (κ2) is 9.46. The Morgan fingerprint density at radius 1 is 1.21 bits per heavy atom. The number of hydrogen-bond acceptors (Lipinski definition) is 3. The topological polar surface area (TPSA) is 46.1 Å². The lowest BCUT2D eigenvalue weighted by atomic mass is 10.1. The molecule has 2 aliphatic heterocycles. The molecule has 0 aromatic rings. The smallest absolute Gasteiger partial charge is 0.375 e. The zero-order valence-corrected chi connectivity index (χ0v) is 14.3. The van der Waals surface area contributed by atoms with Gasteiger partial charge in [-0.05, 0) is 32.6 Å². The molecule has 2 fully saturated rings. The SMILES string of the molecule is CCNC(=NCCCCC(F)(F)F)N1CCOC(C2CCCO2)C1. The Morgan fingerprint density at radius 3 is 2.67 bits per heavy atom. The van der Waals surface area contributed by atoms with Gasteiger partial charge in [0.05, 0.1) is 12.7 Å². The van der Waals surface area contributed by atoms with Crippen LogP contribution in [-0.2, 0) is 9.47 Å². The number of nitrogens with one attached hydrogen (secondary N) is 1. The number of ether oxygens (including phenoxy) is 2. The molecule has 8 heteroatoms. The summed E-state index contributed by atoms with van der Waals surface area (Å²) in [6, 6.07) is 0. The van der Waals surface area contributed by atoms with Crippen LogP contribution in [-0.4, -0.2) is 68.6 Å². The van der Waals surface area contributed by atoms with Crippen molar-refractivity contribution in [2.75, 3.05) is 39.4 Å². The van der Waals surface area contributed by atoms with E-state index < -0.39 is 12.6 Å². The predicted molar refractivity (Wildman–Crippen MR) is 86.2 cm³/mol. The van der Waals surface area contributed by atoms with Crippen molar-refractivity contribution < 1.29 is 22.6 Å². The third-order valence-corrected chi connectivity index (χ3v) is 4.24. The molecule has 2 atom stereocenters. The van der Waals surface area contributed by atoms with E-state index in [0.717, 1.165) is 38.5 Å². The van der Waals surface area contributed by atoms with Crippen LogP contribution in [0.15, 0.2) is 4.99 Å². The molecule has 0 bridgehead atoms. The monoisotopic (exact) mass is 351 g/mol. The number of halogens is 3. The minimum absolute atomic E-state index is 0.0373. The van der Waals surface area contributed by atoms with Gasteiger partial charge in [-0.3, -0.25) is 4.99 Å². The first-order chi connectivity index (χ1) is 11.5. The molecule has 0 aromatic carbocycles. The molecule has 2 heterocycles. The van der Waals surface area contributed by atoms with Crippen LogP contribution >= 0.6 is 0 Å². The van der Waals surface area contributed by atoms with Gasteiger partial charge in [-0.2, -0.15) is 13.2 Å². The lowest BCUT2D eigenvalue weighted by Gasteiger charge is -2.37. The first kappa shape index (κ1) is 19.3. The quantitative estimate of drug-likeness (QED) is 0.454. The Bertz CT molecular complexity index is 399. The third kappa shape index (κ3) is 6.47. The summed E-state index contributed by atoms with van der Waals surface area (Å²) in [7, 11) is 0. The summed E-state index contributed by atoms with van der Waals surface area (Å²) >= 11 is 0.